The van der Waals surface area contributed by atoms with Crippen LogP contribution in [0, 0.1) is 5.92 Å². The Bertz CT molecular complexity index is 854. The lowest BCUT2D eigenvalue weighted by atomic mass is 9.88. The SMILES string of the molecule is O=C(O)[C@@H]1CN(C(=O)OCc2ccccc2)C[C@H]1c1cccc(C(F)(F)F)c1. The Morgan fingerprint density at radius 3 is 2.43 bits per heavy atom. The minimum atomic E-state index is -4.53. The molecule has 1 heterocycles. The molecule has 1 N–H and O–H groups in total. The monoisotopic (exact) mass is 393 g/mol. The van der Waals surface area contributed by atoms with Crippen molar-refractivity contribution in [3.05, 3.63) is 71.3 Å². The van der Waals surface area contributed by atoms with Gasteiger partial charge in [-0.05, 0) is 17.2 Å². The zero-order valence-corrected chi connectivity index (χ0v) is 14.7. The van der Waals surface area contributed by atoms with Crippen molar-refractivity contribution >= 4 is 12.1 Å². The third kappa shape index (κ3) is 4.44. The summed E-state index contributed by atoms with van der Waals surface area (Å²) < 4.78 is 44.1. The van der Waals surface area contributed by atoms with Crippen molar-refractivity contribution in [3.63, 3.8) is 0 Å². The predicted molar refractivity (Wildman–Crippen MR) is 93.5 cm³/mol. The van der Waals surface area contributed by atoms with E-state index in [-0.39, 0.29) is 25.3 Å². The van der Waals surface area contributed by atoms with E-state index < -0.39 is 35.6 Å². The molecule has 1 aliphatic heterocycles. The maximum absolute atomic E-state index is 13.0. The normalized spacial score (nSPS) is 19.5. The number of carbonyl (C=O) groups is 2. The van der Waals surface area contributed by atoms with E-state index in [4.69, 9.17) is 4.74 Å². The van der Waals surface area contributed by atoms with Crippen LogP contribution in [0.3, 0.4) is 0 Å². The Hall–Kier alpha value is -3.03. The molecule has 0 radical (unpaired) electrons. The van der Waals surface area contributed by atoms with Gasteiger partial charge in [-0.2, -0.15) is 13.2 Å². The number of carboxylic acids is 1. The zero-order chi connectivity index (χ0) is 20.3. The molecule has 0 bridgehead atoms. The lowest BCUT2D eigenvalue weighted by molar-refractivity contribution is -0.141. The number of alkyl halides is 3. The van der Waals surface area contributed by atoms with Crippen molar-refractivity contribution in [2.75, 3.05) is 13.1 Å². The summed E-state index contributed by atoms with van der Waals surface area (Å²) in [6.07, 6.45) is -5.22. The van der Waals surface area contributed by atoms with Crippen molar-refractivity contribution in [2.45, 2.75) is 18.7 Å². The molecule has 5 nitrogen and oxygen atoms in total. The van der Waals surface area contributed by atoms with Gasteiger partial charge in [-0.3, -0.25) is 4.79 Å². The summed E-state index contributed by atoms with van der Waals surface area (Å²) in [5.74, 6) is -2.92. The highest BCUT2D eigenvalue weighted by molar-refractivity contribution is 5.75. The summed E-state index contributed by atoms with van der Waals surface area (Å²) in [5.41, 5.74) is 0.166. The van der Waals surface area contributed by atoms with Gasteiger partial charge >= 0.3 is 18.2 Å². The molecule has 0 unspecified atom stereocenters. The van der Waals surface area contributed by atoms with E-state index in [1.54, 1.807) is 24.3 Å². The number of ether oxygens (including phenoxy) is 1. The Kier molecular flexibility index (Phi) is 5.58. The summed E-state index contributed by atoms with van der Waals surface area (Å²) in [6, 6.07) is 13.5. The van der Waals surface area contributed by atoms with Crippen molar-refractivity contribution < 1.29 is 32.6 Å². The van der Waals surface area contributed by atoms with Crippen LogP contribution in [-0.2, 0) is 22.3 Å². The van der Waals surface area contributed by atoms with Gasteiger partial charge in [0, 0.05) is 19.0 Å². The van der Waals surface area contributed by atoms with E-state index in [0.717, 1.165) is 17.7 Å². The Morgan fingerprint density at radius 2 is 1.79 bits per heavy atom. The van der Waals surface area contributed by atoms with Gasteiger partial charge in [0.15, 0.2) is 0 Å². The van der Waals surface area contributed by atoms with Gasteiger partial charge in [0.2, 0.25) is 0 Å². The minimum absolute atomic E-state index is 0.0219. The maximum Gasteiger partial charge on any atom is 0.416 e. The van der Waals surface area contributed by atoms with E-state index in [1.165, 1.54) is 17.0 Å². The minimum Gasteiger partial charge on any atom is -0.481 e. The lowest BCUT2D eigenvalue weighted by Gasteiger charge is -2.17. The van der Waals surface area contributed by atoms with Gasteiger partial charge in [0.05, 0.1) is 11.5 Å². The van der Waals surface area contributed by atoms with Gasteiger partial charge in [0.1, 0.15) is 6.61 Å². The summed E-state index contributed by atoms with van der Waals surface area (Å²) in [6.45, 7) is -0.113. The fourth-order valence-electron chi connectivity index (χ4n) is 3.30. The van der Waals surface area contributed by atoms with Crippen molar-refractivity contribution in [3.8, 4) is 0 Å². The van der Waals surface area contributed by atoms with E-state index in [9.17, 15) is 27.9 Å². The molecule has 1 amide bonds. The molecular formula is C20H18F3NO4. The molecule has 3 rings (SSSR count). The fourth-order valence-corrected chi connectivity index (χ4v) is 3.30. The van der Waals surface area contributed by atoms with Crippen LogP contribution in [0.4, 0.5) is 18.0 Å². The first-order valence-corrected chi connectivity index (χ1v) is 8.61. The second-order valence-electron chi connectivity index (χ2n) is 6.62. The van der Waals surface area contributed by atoms with E-state index in [2.05, 4.69) is 0 Å². The topological polar surface area (TPSA) is 66.8 Å². The number of carbonyl (C=O) groups excluding carboxylic acids is 1. The first-order valence-electron chi connectivity index (χ1n) is 8.61. The quantitative estimate of drug-likeness (QED) is 0.848. The van der Waals surface area contributed by atoms with Crippen molar-refractivity contribution in [1.29, 1.82) is 0 Å². The highest BCUT2D eigenvalue weighted by Gasteiger charge is 2.42. The maximum atomic E-state index is 13.0. The third-order valence-electron chi connectivity index (χ3n) is 4.74. The number of likely N-dealkylation sites (tertiary alicyclic amines) is 1. The largest absolute Gasteiger partial charge is 0.481 e. The molecule has 0 aromatic heterocycles. The zero-order valence-electron chi connectivity index (χ0n) is 14.7. The van der Waals surface area contributed by atoms with E-state index in [0.29, 0.717) is 0 Å². The Balaban J connectivity index is 1.74. The molecule has 2 atom stereocenters. The molecule has 1 aliphatic rings. The van der Waals surface area contributed by atoms with Crippen LogP contribution in [-0.4, -0.2) is 35.2 Å². The van der Waals surface area contributed by atoms with Gasteiger partial charge in [-0.25, -0.2) is 4.79 Å². The smallest absolute Gasteiger partial charge is 0.416 e. The number of benzene rings is 2. The Morgan fingerprint density at radius 1 is 1.07 bits per heavy atom. The first-order chi connectivity index (χ1) is 13.3. The van der Waals surface area contributed by atoms with Crippen LogP contribution >= 0.6 is 0 Å². The second-order valence-corrected chi connectivity index (χ2v) is 6.62. The highest BCUT2D eigenvalue weighted by Crippen LogP contribution is 2.36. The molecule has 1 fully saturated rings. The van der Waals surface area contributed by atoms with Crippen LogP contribution in [0.25, 0.3) is 0 Å². The van der Waals surface area contributed by atoms with Crippen molar-refractivity contribution in [1.82, 2.24) is 4.90 Å². The number of nitrogens with zero attached hydrogens (tertiary/aromatic N) is 1. The van der Waals surface area contributed by atoms with E-state index in [1.807, 2.05) is 6.07 Å². The number of hydrogen-bond donors (Lipinski definition) is 1. The highest BCUT2D eigenvalue weighted by atomic mass is 19.4. The summed E-state index contributed by atoms with van der Waals surface area (Å²) >= 11 is 0. The second kappa shape index (κ2) is 7.92. The molecule has 0 spiro atoms. The van der Waals surface area contributed by atoms with Crippen LogP contribution in [0.5, 0.6) is 0 Å². The van der Waals surface area contributed by atoms with Gasteiger partial charge in [-0.1, -0.05) is 48.5 Å². The average molecular weight is 393 g/mol. The first kappa shape index (κ1) is 19.7. The molecule has 0 saturated carbocycles. The number of rotatable bonds is 4. The van der Waals surface area contributed by atoms with Crippen LogP contribution in [0.15, 0.2) is 54.6 Å². The molecule has 0 aliphatic carbocycles. The number of aliphatic carboxylic acids is 1. The molecule has 1 saturated heterocycles. The molecule has 2 aromatic rings. The fraction of sp³-hybridized carbons (Fsp3) is 0.300. The summed E-state index contributed by atoms with van der Waals surface area (Å²) in [7, 11) is 0. The third-order valence-corrected chi connectivity index (χ3v) is 4.74. The number of halogens is 3. The van der Waals surface area contributed by atoms with Crippen LogP contribution in [0.2, 0.25) is 0 Å². The van der Waals surface area contributed by atoms with Gasteiger partial charge < -0.3 is 14.7 Å². The number of amides is 1. The van der Waals surface area contributed by atoms with Crippen LogP contribution in [0.1, 0.15) is 22.6 Å². The van der Waals surface area contributed by atoms with Gasteiger partial charge in [0.25, 0.3) is 0 Å². The average Bonchev–Trinajstić information content (AvgIpc) is 3.12. The summed E-state index contributed by atoms with van der Waals surface area (Å²) in [4.78, 5) is 25.2. The van der Waals surface area contributed by atoms with E-state index >= 15 is 0 Å². The standard InChI is InChI=1S/C20H18F3NO4/c21-20(22,23)15-8-4-7-14(9-15)16-10-24(11-17(16)18(25)26)19(27)28-12-13-5-2-1-3-6-13/h1-9,16-17H,10-12H2,(H,25,26)/t16-,17+/m0/s1. The summed E-state index contributed by atoms with van der Waals surface area (Å²) in [5, 5.41) is 9.48. The molecule has 148 valence electrons. The van der Waals surface area contributed by atoms with Crippen LogP contribution < -0.4 is 0 Å². The molecule has 28 heavy (non-hydrogen) atoms. The predicted octanol–water partition coefficient (Wildman–Crippen LogP) is 4.14. The lowest BCUT2D eigenvalue weighted by Crippen LogP contribution is -2.30. The molecule has 2 aromatic carbocycles. The molecule has 8 heteroatoms. The number of carboxylic acid groups (broad SMARTS) is 1. The number of hydrogen-bond acceptors (Lipinski definition) is 3. The van der Waals surface area contributed by atoms with Crippen molar-refractivity contribution in [2.24, 2.45) is 5.92 Å². The Labute approximate surface area is 159 Å². The molecular weight excluding hydrogens is 375 g/mol. The van der Waals surface area contributed by atoms with Gasteiger partial charge in [-0.15, -0.1) is 0 Å².